The number of hydrogen-bond donors (Lipinski definition) is 2. The van der Waals surface area contributed by atoms with Crippen molar-refractivity contribution in [2.75, 3.05) is 23.7 Å². The Morgan fingerprint density at radius 3 is 2.33 bits per heavy atom. The van der Waals surface area contributed by atoms with Gasteiger partial charge in [-0.2, -0.15) is 0 Å². The molecule has 2 aliphatic heterocycles. The van der Waals surface area contributed by atoms with Gasteiger partial charge in [0.25, 0.3) is 17.4 Å². The van der Waals surface area contributed by atoms with Crippen LogP contribution in [0.3, 0.4) is 0 Å². The van der Waals surface area contributed by atoms with Gasteiger partial charge < -0.3 is 10.6 Å². The third-order valence-corrected chi connectivity index (χ3v) is 5.09. The molecule has 1 aromatic carbocycles. The quantitative estimate of drug-likeness (QED) is 0.786. The number of halogens is 1. The van der Waals surface area contributed by atoms with E-state index in [-0.39, 0.29) is 22.6 Å². The molecule has 3 N–H and O–H groups in total. The number of imide groups is 1. The Bertz CT molecular complexity index is 1010. The zero-order valence-corrected chi connectivity index (χ0v) is 14.6. The highest BCUT2D eigenvalue weighted by Gasteiger charge is 2.32. The van der Waals surface area contributed by atoms with Gasteiger partial charge in [-0.15, -0.1) is 0 Å². The van der Waals surface area contributed by atoms with E-state index >= 15 is 0 Å². The summed E-state index contributed by atoms with van der Waals surface area (Å²) in [5.74, 6) is -1.96. The van der Waals surface area contributed by atoms with Crippen LogP contribution in [-0.2, 0) is 0 Å². The monoisotopic (exact) mass is 370 g/mol. The minimum Gasteiger partial charge on any atom is -0.384 e. The summed E-state index contributed by atoms with van der Waals surface area (Å²) in [5, 5.41) is 2.11. The molecule has 1 aromatic heterocycles. The van der Waals surface area contributed by atoms with Gasteiger partial charge in [0.05, 0.1) is 22.5 Å². The van der Waals surface area contributed by atoms with E-state index < -0.39 is 23.2 Å². The van der Waals surface area contributed by atoms with Crippen molar-refractivity contribution in [2.24, 2.45) is 0 Å². The van der Waals surface area contributed by atoms with Gasteiger partial charge in [-0.1, -0.05) is 12.8 Å². The molecule has 4 rings (SSSR count). The van der Waals surface area contributed by atoms with E-state index in [1.807, 2.05) is 4.90 Å². The van der Waals surface area contributed by atoms with E-state index in [0.717, 1.165) is 49.4 Å². The first-order chi connectivity index (χ1) is 13.0. The number of carbonyl (C=O) groups is 2. The van der Waals surface area contributed by atoms with Gasteiger partial charge in [0.2, 0.25) is 0 Å². The average Bonchev–Trinajstić information content (AvgIpc) is 2.80. The second-order valence-corrected chi connectivity index (χ2v) is 6.81. The summed E-state index contributed by atoms with van der Waals surface area (Å²) in [5.41, 5.74) is 5.97. The van der Waals surface area contributed by atoms with Crippen LogP contribution in [0.25, 0.3) is 5.69 Å². The Balaban J connectivity index is 1.78. The first-order valence-electron chi connectivity index (χ1n) is 8.93. The summed E-state index contributed by atoms with van der Waals surface area (Å²) < 4.78 is 15.8. The lowest BCUT2D eigenvalue weighted by Crippen LogP contribution is -2.26. The molecule has 0 atom stereocenters. The molecule has 0 unspecified atom stereocenters. The number of anilines is 2. The normalized spacial score (nSPS) is 16.9. The van der Waals surface area contributed by atoms with Crippen molar-refractivity contribution >= 4 is 23.3 Å². The number of nitrogens with two attached hydrogens (primary N) is 1. The number of fused-ring (bicyclic) bond motifs is 1. The highest BCUT2D eigenvalue weighted by molar-refractivity contribution is 6.23. The molecule has 1 fully saturated rings. The van der Waals surface area contributed by atoms with Gasteiger partial charge >= 0.3 is 0 Å². The van der Waals surface area contributed by atoms with Gasteiger partial charge in [-0.3, -0.25) is 24.3 Å². The van der Waals surface area contributed by atoms with Crippen molar-refractivity contribution in [2.45, 2.75) is 25.7 Å². The van der Waals surface area contributed by atoms with Crippen molar-refractivity contribution in [3.05, 3.63) is 51.6 Å². The molecule has 1 saturated heterocycles. The molecule has 8 heteroatoms. The minimum absolute atomic E-state index is 0.0552. The van der Waals surface area contributed by atoms with Crippen LogP contribution in [0.5, 0.6) is 0 Å². The fourth-order valence-corrected chi connectivity index (χ4v) is 3.75. The van der Waals surface area contributed by atoms with Crippen molar-refractivity contribution < 1.29 is 14.0 Å². The van der Waals surface area contributed by atoms with Crippen molar-refractivity contribution in [3.63, 3.8) is 0 Å². The number of rotatable bonds is 2. The summed E-state index contributed by atoms with van der Waals surface area (Å²) in [7, 11) is 0. The van der Waals surface area contributed by atoms with E-state index in [1.165, 1.54) is 6.07 Å². The molecule has 2 amide bonds. The topological polar surface area (TPSA) is 97.4 Å². The zero-order chi connectivity index (χ0) is 19.1. The summed E-state index contributed by atoms with van der Waals surface area (Å²) in [6.07, 6.45) is 4.30. The first kappa shape index (κ1) is 17.3. The van der Waals surface area contributed by atoms with Crippen LogP contribution in [0.1, 0.15) is 46.4 Å². The molecule has 3 heterocycles. The van der Waals surface area contributed by atoms with Crippen molar-refractivity contribution in [1.82, 2.24) is 9.88 Å². The maximum absolute atomic E-state index is 14.8. The van der Waals surface area contributed by atoms with Crippen LogP contribution in [0, 0.1) is 5.82 Å². The standard InChI is InChI=1S/C19H19FN4O3/c20-13-9-11(5-6-14(13)23-7-3-1-2-4-8-23)24-15(25)10-12-16(17(24)21)19(27)22-18(12)26/h5-6,9-10H,1-4,7-8,21H2,(H,22,26,27). The Labute approximate surface area is 154 Å². The number of nitrogen functional groups attached to an aromatic ring is 1. The summed E-state index contributed by atoms with van der Waals surface area (Å²) >= 11 is 0. The first-order valence-corrected chi connectivity index (χ1v) is 8.93. The van der Waals surface area contributed by atoms with Crippen LogP contribution < -0.4 is 21.5 Å². The zero-order valence-electron chi connectivity index (χ0n) is 14.6. The molecule has 0 saturated carbocycles. The molecule has 0 aliphatic carbocycles. The predicted octanol–water partition coefficient (Wildman–Crippen LogP) is 1.82. The molecule has 0 radical (unpaired) electrons. The third kappa shape index (κ3) is 2.87. The minimum atomic E-state index is -0.664. The predicted molar refractivity (Wildman–Crippen MR) is 98.9 cm³/mol. The van der Waals surface area contributed by atoms with Crippen molar-refractivity contribution in [3.8, 4) is 5.69 Å². The van der Waals surface area contributed by atoms with E-state index in [0.29, 0.717) is 5.69 Å². The molecule has 0 spiro atoms. The van der Waals surface area contributed by atoms with E-state index in [2.05, 4.69) is 5.32 Å². The smallest absolute Gasteiger partial charge is 0.262 e. The van der Waals surface area contributed by atoms with Crippen LogP contribution >= 0.6 is 0 Å². The average molecular weight is 370 g/mol. The Hall–Kier alpha value is -3.16. The number of nitrogens with zero attached hydrogens (tertiary/aromatic N) is 2. The van der Waals surface area contributed by atoms with E-state index in [4.69, 9.17) is 5.73 Å². The number of amides is 2. The maximum atomic E-state index is 14.8. The lowest BCUT2D eigenvalue weighted by Gasteiger charge is -2.23. The third-order valence-electron chi connectivity index (χ3n) is 5.09. The molecular weight excluding hydrogens is 351 g/mol. The number of hydrogen-bond acceptors (Lipinski definition) is 5. The summed E-state index contributed by atoms with van der Waals surface area (Å²) in [4.78, 5) is 38.1. The Kier molecular flexibility index (Phi) is 4.18. The molecule has 7 nitrogen and oxygen atoms in total. The highest BCUT2D eigenvalue weighted by Crippen LogP contribution is 2.27. The molecule has 140 valence electrons. The molecule has 27 heavy (non-hydrogen) atoms. The molecule has 0 bridgehead atoms. The van der Waals surface area contributed by atoms with Crippen LogP contribution in [0.4, 0.5) is 15.9 Å². The fourth-order valence-electron chi connectivity index (χ4n) is 3.75. The van der Waals surface area contributed by atoms with E-state index in [9.17, 15) is 18.8 Å². The SMILES string of the molecule is Nc1c2c(cc(=O)n1-c1ccc(N3CCCCCC3)c(F)c1)C(=O)NC2=O. The summed E-state index contributed by atoms with van der Waals surface area (Å²) in [6, 6.07) is 5.51. The Morgan fingerprint density at radius 1 is 0.963 bits per heavy atom. The van der Waals surface area contributed by atoms with Crippen molar-refractivity contribution in [1.29, 1.82) is 0 Å². The number of benzene rings is 1. The number of carbonyl (C=O) groups excluding carboxylic acids is 2. The number of pyridine rings is 1. The second kappa shape index (κ2) is 6.53. The van der Waals surface area contributed by atoms with Gasteiger partial charge in [0, 0.05) is 25.2 Å². The van der Waals surface area contributed by atoms with Gasteiger partial charge in [0.1, 0.15) is 11.6 Å². The lowest BCUT2D eigenvalue weighted by molar-refractivity contribution is 0.0880. The highest BCUT2D eigenvalue weighted by atomic mass is 19.1. The number of nitrogens with one attached hydrogen (secondary N) is 1. The van der Waals surface area contributed by atoms with Gasteiger partial charge in [0.15, 0.2) is 0 Å². The van der Waals surface area contributed by atoms with E-state index in [1.54, 1.807) is 12.1 Å². The molecule has 2 aliphatic rings. The van der Waals surface area contributed by atoms with Gasteiger partial charge in [-0.25, -0.2) is 4.39 Å². The molecule has 2 aromatic rings. The maximum Gasteiger partial charge on any atom is 0.262 e. The van der Waals surface area contributed by atoms with Crippen LogP contribution in [0.15, 0.2) is 29.1 Å². The largest absolute Gasteiger partial charge is 0.384 e. The summed E-state index contributed by atoms with van der Waals surface area (Å²) in [6.45, 7) is 1.58. The van der Waals surface area contributed by atoms with Crippen LogP contribution in [-0.4, -0.2) is 29.5 Å². The van der Waals surface area contributed by atoms with Gasteiger partial charge in [-0.05, 0) is 25.0 Å². The lowest BCUT2D eigenvalue weighted by atomic mass is 10.1. The van der Waals surface area contributed by atoms with Crippen LogP contribution in [0.2, 0.25) is 0 Å². The Morgan fingerprint density at radius 2 is 1.67 bits per heavy atom. The second-order valence-electron chi connectivity index (χ2n) is 6.81. The number of aromatic nitrogens is 1. The fraction of sp³-hybridized carbons (Fsp3) is 0.316. The molecular formula is C19H19FN4O3.